The van der Waals surface area contributed by atoms with E-state index in [-0.39, 0.29) is 17.6 Å². The molecule has 0 spiro atoms. The first-order valence-corrected chi connectivity index (χ1v) is 9.45. The van der Waals surface area contributed by atoms with Crippen LogP contribution in [0.1, 0.15) is 40.3 Å². The molecule has 0 aliphatic rings. The lowest BCUT2D eigenvalue weighted by Gasteiger charge is -2.19. The van der Waals surface area contributed by atoms with Crippen LogP contribution in [-0.4, -0.2) is 39.6 Å². The highest BCUT2D eigenvalue weighted by molar-refractivity contribution is 6.05. The number of hydrogen-bond donors (Lipinski definition) is 1. The van der Waals surface area contributed by atoms with Gasteiger partial charge in [-0.1, -0.05) is 6.07 Å². The Labute approximate surface area is 169 Å². The van der Waals surface area contributed by atoms with E-state index in [1.165, 1.54) is 18.3 Å². The fourth-order valence-corrected chi connectivity index (χ4v) is 3.10. The van der Waals surface area contributed by atoms with Crippen LogP contribution >= 0.6 is 0 Å². The normalized spacial score (nSPS) is 10.6. The third kappa shape index (κ3) is 4.34. The van der Waals surface area contributed by atoms with Crippen molar-refractivity contribution in [3.05, 3.63) is 77.4 Å². The first-order valence-electron chi connectivity index (χ1n) is 9.45. The van der Waals surface area contributed by atoms with Gasteiger partial charge in [0.2, 0.25) is 0 Å². The van der Waals surface area contributed by atoms with E-state index in [1.54, 1.807) is 52.9 Å². The summed E-state index contributed by atoms with van der Waals surface area (Å²) in [7, 11) is 0. The minimum Gasteiger partial charge on any atom is -0.339 e. The molecule has 3 aromatic rings. The molecular formula is C22H23FN4O2. The Morgan fingerprint density at radius 3 is 2.45 bits per heavy atom. The van der Waals surface area contributed by atoms with Gasteiger partial charge < -0.3 is 10.2 Å². The number of amides is 2. The Morgan fingerprint density at radius 2 is 1.79 bits per heavy atom. The molecule has 3 rings (SSSR count). The highest BCUT2D eigenvalue weighted by Crippen LogP contribution is 2.18. The van der Waals surface area contributed by atoms with E-state index >= 15 is 0 Å². The van der Waals surface area contributed by atoms with Crippen LogP contribution in [0.5, 0.6) is 0 Å². The summed E-state index contributed by atoms with van der Waals surface area (Å²) in [6, 6.07) is 12.7. The molecule has 1 N–H and O–H groups in total. The number of nitrogens with one attached hydrogen (secondary N) is 1. The number of rotatable bonds is 6. The van der Waals surface area contributed by atoms with Crippen molar-refractivity contribution in [2.24, 2.45) is 0 Å². The molecule has 0 atom stereocenters. The average molecular weight is 394 g/mol. The zero-order valence-corrected chi connectivity index (χ0v) is 16.6. The molecular weight excluding hydrogens is 371 g/mol. The van der Waals surface area contributed by atoms with Gasteiger partial charge in [0.25, 0.3) is 11.8 Å². The third-order valence-electron chi connectivity index (χ3n) is 4.74. The maximum absolute atomic E-state index is 13.1. The van der Waals surface area contributed by atoms with Crippen molar-refractivity contribution in [1.29, 1.82) is 0 Å². The number of hydrogen-bond acceptors (Lipinski definition) is 3. The second-order valence-corrected chi connectivity index (χ2v) is 6.54. The van der Waals surface area contributed by atoms with Gasteiger partial charge in [0, 0.05) is 24.3 Å². The highest BCUT2D eigenvalue weighted by Gasteiger charge is 2.17. The summed E-state index contributed by atoms with van der Waals surface area (Å²) in [5.74, 6) is -0.745. The van der Waals surface area contributed by atoms with Gasteiger partial charge in [0.15, 0.2) is 0 Å². The van der Waals surface area contributed by atoms with Gasteiger partial charge in [-0.05, 0) is 63.2 Å². The van der Waals surface area contributed by atoms with E-state index in [1.807, 2.05) is 13.8 Å². The van der Waals surface area contributed by atoms with Gasteiger partial charge in [-0.15, -0.1) is 0 Å². The minimum atomic E-state index is -0.337. The fourth-order valence-electron chi connectivity index (χ4n) is 3.10. The van der Waals surface area contributed by atoms with E-state index < -0.39 is 0 Å². The highest BCUT2D eigenvalue weighted by atomic mass is 19.1. The number of anilines is 1. The second kappa shape index (κ2) is 8.68. The summed E-state index contributed by atoms with van der Waals surface area (Å²) >= 11 is 0. The summed E-state index contributed by atoms with van der Waals surface area (Å²) in [5.41, 5.74) is 2.74. The van der Waals surface area contributed by atoms with E-state index in [0.29, 0.717) is 41.3 Å². The molecule has 2 aromatic carbocycles. The van der Waals surface area contributed by atoms with E-state index in [4.69, 9.17) is 0 Å². The Balaban J connectivity index is 1.80. The lowest BCUT2D eigenvalue weighted by molar-refractivity contribution is 0.0772. The molecule has 0 saturated carbocycles. The van der Waals surface area contributed by atoms with Crippen LogP contribution in [-0.2, 0) is 0 Å². The molecule has 0 aliphatic heterocycles. The molecule has 6 nitrogen and oxygen atoms in total. The van der Waals surface area contributed by atoms with Crippen LogP contribution in [0.3, 0.4) is 0 Å². The van der Waals surface area contributed by atoms with Crippen LogP contribution in [0.15, 0.2) is 54.7 Å². The van der Waals surface area contributed by atoms with Crippen molar-refractivity contribution >= 4 is 17.5 Å². The predicted molar refractivity (Wildman–Crippen MR) is 110 cm³/mol. The fraction of sp³-hybridized carbons (Fsp3) is 0.227. The molecule has 0 unspecified atom stereocenters. The topological polar surface area (TPSA) is 67.2 Å². The Morgan fingerprint density at radius 1 is 1.10 bits per heavy atom. The lowest BCUT2D eigenvalue weighted by Crippen LogP contribution is -2.30. The molecule has 0 radical (unpaired) electrons. The number of benzene rings is 2. The van der Waals surface area contributed by atoms with Crippen LogP contribution in [0.4, 0.5) is 10.1 Å². The van der Waals surface area contributed by atoms with Crippen molar-refractivity contribution in [2.75, 3.05) is 18.4 Å². The average Bonchev–Trinajstić information content (AvgIpc) is 3.11. The van der Waals surface area contributed by atoms with Crippen LogP contribution < -0.4 is 5.32 Å². The summed E-state index contributed by atoms with van der Waals surface area (Å²) < 4.78 is 14.7. The maximum Gasteiger partial charge on any atom is 0.259 e. The van der Waals surface area contributed by atoms with Crippen molar-refractivity contribution in [3.63, 3.8) is 0 Å². The van der Waals surface area contributed by atoms with Crippen LogP contribution in [0.2, 0.25) is 0 Å². The standard InChI is InChI=1S/C22H23FN4O2/c1-4-26(5-2)22(29)16-7-6-8-18(13-16)25-21(28)20-14-24-27(15(20)3)19-11-9-17(23)10-12-19/h6-14H,4-5H2,1-3H3,(H,25,28). The van der Waals surface area contributed by atoms with E-state index in [2.05, 4.69) is 10.4 Å². The molecule has 2 amide bonds. The molecule has 0 aliphatic carbocycles. The summed E-state index contributed by atoms with van der Waals surface area (Å²) in [6.07, 6.45) is 1.47. The van der Waals surface area contributed by atoms with Gasteiger partial charge in [0.1, 0.15) is 5.82 Å². The van der Waals surface area contributed by atoms with Crippen molar-refractivity contribution in [2.45, 2.75) is 20.8 Å². The second-order valence-electron chi connectivity index (χ2n) is 6.54. The van der Waals surface area contributed by atoms with Crippen molar-refractivity contribution in [1.82, 2.24) is 14.7 Å². The number of aromatic nitrogens is 2. The zero-order chi connectivity index (χ0) is 21.0. The van der Waals surface area contributed by atoms with E-state index in [9.17, 15) is 14.0 Å². The SMILES string of the molecule is CCN(CC)C(=O)c1cccc(NC(=O)c2cnn(-c3ccc(F)cc3)c2C)c1. The molecule has 0 bridgehead atoms. The Bertz CT molecular complexity index is 1020. The lowest BCUT2D eigenvalue weighted by atomic mass is 10.1. The Hall–Kier alpha value is -3.48. The molecule has 0 saturated heterocycles. The van der Waals surface area contributed by atoms with Gasteiger partial charge in [0.05, 0.1) is 23.1 Å². The number of carbonyl (C=O) groups excluding carboxylic acids is 2. The molecule has 150 valence electrons. The zero-order valence-electron chi connectivity index (χ0n) is 16.6. The van der Waals surface area contributed by atoms with Crippen molar-refractivity contribution < 1.29 is 14.0 Å². The Kier molecular flexibility index (Phi) is 6.07. The minimum absolute atomic E-state index is 0.0774. The molecule has 1 heterocycles. The van der Waals surface area contributed by atoms with Gasteiger partial charge in [-0.25, -0.2) is 9.07 Å². The molecule has 1 aromatic heterocycles. The molecule has 7 heteroatoms. The first-order chi connectivity index (χ1) is 13.9. The number of carbonyl (C=O) groups is 2. The smallest absolute Gasteiger partial charge is 0.259 e. The van der Waals surface area contributed by atoms with Gasteiger partial charge in [-0.2, -0.15) is 5.10 Å². The monoisotopic (exact) mass is 394 g/mol. The number of halogens is 1. The van der Waals surface area contributed by atoms with E-state index in [0.717, 1.165) is 0 Å². The van der Waals surface area contributed by atoms with Gasteiger partial charge >= 0.3 is 0 Å². The van der Waals surface area contributed by atoms with Crippen molar-refractivity contribution in [3.8, 4) is 5.69 Å². The first kappa shape index (κ1) is 20.3. The van der Waals surface area contributed by atoms with Gasteiger partial charge in [-0.3, -0.25) is 9.59 Å². The summed E-state index contributed by atoms with van der Waals surface area (Å²) in [5, 5.41) is 7.06. The largest absolute Gasteiger partial charge is 0.339 e. The maximum atomic E-state index is 13.1. The molecule has 0 fully saturated rings. The van der Waals surface area contributed by atoms with Crippen LogP contribution in [0, 0.1) is 12.7 Å². The third-order valence-corrected chi connectivity index (χ3v) is 4.74. The summed E-state index contributed by atoms with van der Waals surface area (Å²) in [6.45, 7) is 6.86. The predicted octanol–water partition coefficient (Wildman–Crippen LogP) is 4.05. The molecule has 29 heavy (non-hydrogen) atoms. The number of nitrogens with zero attached hydrogens (tertiary/aromatic N) is 3. The summed E-state index contributed by atoms with van der Waals surface area (Å²) in [4.78, 5) is 27.0. The van der Waals surface area contributed by atoms with Crippen LogP contribution in [0.25, 0.3) is 5.69 Å². The quantitative estimate of drug-likeness (QED) is 0.686.